The maximum absolute atomic E-state index is 12.4. The van der Waals surface area contributed by atoms with Crippen LogP contribution < -0.4 is 0 Å². The molecule has 0 aliphatic carbocycles. The van der Waals surface area contributed by atoms with E-state index in [-0.39, 0.29) is 11.2 Å². The van der Waals surface area contributed by atoms with Gasteiger partial charge in [0.25, 0.3) is 0 Å². The standard InChI is InChI=1S/C12H11F2N3OS/c13-11(14)19(18)12-15-10-7-6-9(17(10)16-12)8-4-2-1-3-5-8/h1-5,9,11H,6-7H2/t9-,19?/m0/s1. The zero-order valence-electron chi connectivity index (χ0n) is 9.87. The highest BCUT2D eigenvalue weighted by Crippen LogP contribution is 2.30. The first kappa shape index (κ1) is 12.4. The van der Waals surface area contributed by atoms with Crippen LogP contribution >= 0.6 is 0 Å². The lowest BCUT2D eigenvalue weighted by atomic mass is 10.1. The summed E-state index contributed by atoms with van der Waals surface area (Å²) in [5, 5.41) is 3.72. The lowest BCUT2D eigenvalue weighted by Crippen LogP contribution is -2.10. The van der Waals surface area contributed by atoms with E-state index in [1.165, 1.54) is 0 Å². The van der Waals surface area contributed by atoms with Gasteiger partial charge in [0.1, 0.15) is 5.82 Å². The Labute approximate surface area is 110 Å². The second-order valence-corrected chi connectivity index (χ2v) is 5.59. The third-order valence-corrected chi connectivity index (χ3v) is 4.00. The minimum atomic E-state index is -2.95. The van der Waals surface area contributed by atoms with Crippen molar-refractivity contribution in [2.45, 2.75) is 29.8 Å². The van der Waals surface area contributed by atoms with E-state index in [9.17, 15) is 13.0 Å². The predicted octanol–water partition coefficient (Wildman–Crippen LogP) is 2.14. The largest absolute Gasteiger partial charge is 0.319 e. The van der Waals surface area contributed by atoms with Crippen molar-refractivity contribution < 1.29 is 13.0 Å². The zero-order valence-corrected chi connectivity index (χ0v) is 10.7. The van der Waals surface area contributed by atoms with Crippen LogP contribution in [0.2, 0.25) is 0 Å². The van der Waals surface area contributed by atoms with E-state index < -0.39 is 16.6 Å². The van der Waals surface area contributed by atoms with Crippen molar-refractivity contribution in [3.8, 4) is 0 Å². The second-order valence-electron chi connectivity index (χ2n) is 4.28. The number of hydrogen-bond donors (Lipinski definition) is 0. The zero-order chi connectivity index (χ0) is 13.4. The molecule has 1 unspecified atom stereocenters. The number of alkyl halides is 2. The van der Waals surface area contributed by atoms with Gasteiger partial charge in [0.2, 0.25) is 5.16 Å². The van der Waals surface area contributed by atoms with Crippen LogP contribution in [0.1, 0.15) is 23.9 Å². The van der Waals surface area contributed by atoms with Crippen molar-refractivity contribution in [1.29, 1.82) is 0 Å². The van der Waals surface area contributed by atoms with Gasteiger partial charge in [-0.2, -0.15) is 8.78 Å². The number of rotatable bonds is 3. The summed E-state index contributed by atoms with van der Waals surface area (Å²) in [5.74, 6) is -2.32. The minimum Gasteiger partial charge on any atom is -0.245 e. The Balaban J connectivity index is 1.95. The van der Waals surface area contributed by atoms with Gasteiger partial charge in [-0.15, -0.1) is 5.10 Å². The SMILES string of the molecule is O=S(c1nc2n(n1)[C@H](c1ccccc1)CC2)C(F)F. The molecule has 0 saturated carbocycles. The van der Waals surface area contributed by atoms with Crippen molar-refractivity contribution in [2.75, 3.05) is 0 Å². The smallest absolute Gasteiger partial charge is 0.245 e. The lowest BCUT2D eigenvalue weighted by molar-refractivity contribution is 0.243. The normalized spacial score (nSPS) is 19.6. The van der Waals surface area contributed by atoms with Crippen LogP contribution in [-0.2, 0) is 17.2 Å². The summed E-state index contributed by atoms with van der Waals surface area (Å²) in [4.78, 5) is 3.96. The Morgan fingerprint density at radius 2 is 2.05 bits per heavy atom. The lowest BCUT2D eigenvalue weighted by Gasteiger charge is -2.11. The van der Waals surface area contributed by atoms with Gasteiger partial charge in [-0.3, -0.25) is 0 Å². The molecule has 2 heterocycles. The van der Waals surface area contributed by atoms with Crippen LogP contribution in [0.4, 0.5) is 8.78 Å². The molecule has 1 aromatic carbocycles. The summed E-state index contributed by atoms with van der Waals surface area (Å²) < 4.78 is 37.7. The Morgan fingerprint density at radius 1 is 1.32 bits per heavy atom. The average Bonchev–Trinajstić information content (AvgIpc) is 2.98. The molecule has 7 heteroatoms. The summed E-state index contributed by atoms with van der Waals surface area (Å²) in [6.45, 7) is 0. The van der Waals surface area contributed by atoms with E-state index in [1.807, 2.05) is 30.3 Å². The van der Waals surface area contributed by atoms with Crippen LogP contribution in [0, 0.1) is 0 Å². The molecule has 0 saturated heterocycles. The molecule has 100 valence electrons. The quantitative estimate of drug-likeness (QED) is 0.867. The molecule has 2 aromatic rings. The first-order valence-electron chi connectivity index (χ1n) is 5.86. The molecule has 0 amide bonds. The summed E-state index contributed by atoms with van der Waals surface area (Å²) in [5.41, 5.74) is 1.06. The van der Waals surface area contributed by atoms with Crippen LogP contribution in [0.5, 0.6) is 0 Å². The fraction of sp³-hybridized carbons (Fsp3) is 0.333. The number of aromatic nitrogens is 3. The number of aryl methyl sites for hydroxylation is 1. The molecule has 19 heavy (non-hydrogen) atoms. The third-order valence-electron chi connectivity index (χ3n) is 3.15. The highest BCUT2D eigenvalue weighted by Gasteiger charge is 2.30. The molecule has 0 bridgehead atoms. The van der Waals surface area contributed by atoms with E-state index in [2.05, 4.69) is 10.1 Å². The van der Waals surface area contributed by atoms with Gasteiger partial charge in [0.05, 0.1) is 6.04 Å². The van der Waals surface area contributed by atoms with Crippen LogP contribution in [0.3, 0.4) is 0 Å². The minimum absolute atomic E-state index is 0.00729. The van der Waals surface area contributed by atoms with Crippen molar-refractivity contribution in [1.82, 2.24) is 14.8 Å². The summed E-state index contributed by atoms with van der Waals surface area (Å²) in [6.07, 6.45) is 1.49. The monoisotopic (exact) mass is 283 g/mol. The second kappa shape index (κ2) is 4.80. The van der Waals surface area contributed by atoms with E-state index in [0.717, 1.165) is 12.0 Å². The van der Waals surface area contributed by atoms with Gasteiger partial charge in [-0.25, -0.2) is 13.9 Å². The van der Waals surface area contributed by atoms with Crippen molar-refractivity contribution in [2.24, 2.45) is 0 Å². The van der Waals surface area contributed by atoms with Gasteiger partial charge < -0.3 is 0 Å². The van der Waals surface area contributed by atoms with Gasteiger partial charge >= 0.3 is 5.76 Å². The maximum atomic E-state index is 12.4. The molecule has 0 N–H and O–H groups in total. The van der Waals surface area contributed by atoms with Gasteiger partial charge in [0.15, 0.2) is 10.8 Å². The van der Waals surface area contributed by atoms with Crippen molar-refractivity contribution in [3.05, 3.63) is 41.7 Å². The molecule has 1 aromatic heterocycles. The fourth-order valence-electron chi connectivity index (χ4n) is 2.29. The molecular weight excluding hydrogens is 272 g/mol. The van der Waals surface area contributed by atoms with E-state index in [1.54, 1.807) is 4.68 Å². The number of hydrogen-bond acceptors (Lipinski definition) is 3. The first-order valence-corrected chi connectivity index (χ1v) is 7.07. The number of halogens is 2. The molecule has 0 spiro atoms. The Kier molecular flexibility index (Phi) is 3.14. The van der Waals surface area contributed by atoms with Crippen LogP contribution in [0.25, 0.3) is 0 Å². The number of benzene rings is 1. The summed E-state index contributed by atoms with van der Waals surface area (Å²) in [7, 11) is -2.44. The van der Waals surface area contributed by atoms with Gasteiger partial charge in [-0.1, -0.05) is 30.3 Å². The number of nitrogens with zero attached hydrogens (tertiary/aromatic N) is 3. The van der Waals surface area contributed by atoms with Crippen LogP contribution in [0.15, 0.2) is 35.5 Å². The van der Waals surface area contributed by atoms with E-state index in [4.69, 9.17) is 0 Å². The summed E-state index contributed by atoms with van der Waals surface area (Å²) >= 11 is 0. The Morgan fingerprint density at radius 3 is 2.74 bits per heavy atom. The summed E-state index contributed by atoms with van der Waals surface area (Å²) in [6, 6.07) is 9.67. The van der Waals surface area contributed by atoms with Gasteiger partial charge in [0, 0.05) is 6.42 Å². The molecule has 0 radical (unpaired) electrons. The molecule has 1 aliphatic heterocycles. The highest BCUT2D eigenvalue weighted by molar-refractivity contribution is 7.85. The maximum Gasteiger partial charge on any atom is 0.319 e. The average molecular weight is 283 g/mol. The predicted molar refractivity (Wildman–Crippen MR) is 65.3 cm³/mol. The fourth-order valence-corrected chi connectivity index (χ4v) is 2.81. The third kappa shape index (κ3) is 2.18. The molecule has 3 rings (SSSR count). The van der Waals surface area contributed by atoms with Gasteiger partial charge in [-0.05, 0) is 12.0 Å². The van der Waals surface area contributed by atoms with E-state index >= 15 is 0 Å². The Bertz CT molecular complexity index is 615. The molecular formula is C12H11F2N3OS. The van der Waals surface area contributed by atoms with Crippen LogP contribution in [-0.4, -0.2) is 24.7 Å². The molecule has 1 aliphatic rings. The molecule has 2 atom stereocenters. The highest BCUT2D eigenvalue weighted by atomic mass is 32.2. The topological polar surface area (TPSA) is 47.8 Å². The molecule has 0 fully saturated rings. The van der Waals surface area contributed by atoms with E-state index in [0.29, 0.717) is 12.2 Å². The van der Waals surface area contributed by atoms with Crippen molar-refractivity contribution in [3.63, 3.8) is 0 Å². The van der Waals surface area contributed by atoms with Crippen molar-refractivity contribution >= 4 is 10.8 Å². The first-order chi connectivity index (χ1) is 9.16. The number of fused-ring (bicyclic) bond motifs is 1. The molecule has 4 nitrogen and oxygen atoms in total. The Hall–Kier alpha value is -1.63.